The molecule has 2 heterocycles. The molecule has 1 N–H and O–H groups in total. The van der Waals surface area contributed by atoms with Gasteiger partial charge in [-0.15, -0.1) is 0 Å². The highest BCUT2D eigenvalue weighted by Crippen LogP contribution is 2.42. The van der Waals surface area contributed by atoms with E-state index in [0.29, 0.717) is 16.0 Å². The van der Waals surface area contributed by atoms with Gasteiger partial charge in [-0.05, 0) is 73.2 Å². The first-order chi connectivity index (χ1) is 14.6. The summed E-state index contributed by atoms with van der Waals surface area (Å²) in [7, 11) is 2.12. The second kappa shape index (κ2) is 7.88. The van der Waals surface area contributed by atoms with Gasteiger partial charge in [-0.25, -0.2) is 4.79 Å². The fourth-order valence-corrected chi connectivity index (χ4v) is 4.71. The molecule has 0 bridgehead atoms. The van der Waals surface area contributed by atoms with E-state index in [-0.39, 0.29) is 23.7 Å². The number of hydrogen-bond donors (Lipinski definition) is 1. The molecule has 2 aliphatic rings. The van der Waals surface area contributed by atoms with E-state index < -0.39 is 6.03 Å². The lowest BCUT2D eigenvalue weighted by atomic mass is 9.80. The molecule has 1 atom stereocenters. The Labute approximate surface area is 192 Å². The summed E-state index contributed by atoms with van der Waals surface area (Å²) in [4.78, 5) is 28.8. The molecule has 7 heteroatoms. The van der Waals surface area contributed by atoms with Crippen molar-refractivity contribution in [2.75, 3.05) is 11.9 Å². The normalized spacial score (nSPS) is 21.5. The third kappa shape index (κ3) is 4.04. The summed E-state index contributed by atoms with van der Waals surface area (Å²) in [5, 5.41) is 3.51. The van der Waals surface area contributed by atoms with Crippen LogP contribution in [0.2, 0.25) is 10.0 Å². The number of nitrogens with zero attached hydrogens (tertiary/aromatic N) is 2. The van der Waals surface area contributed by atoms with Crippen LogP contribution in [-0.2, 0) is 11.3 Å². The van der Waals surface area contributed by atoms with Crippen LogP contribution in [0.1, 0.15) is 49.8 Å². The number of nitrogens with one attached hydrogen (secondary N) is 1. The Balaban J connectivity index is 1.58. The molecule has 31 heavy (non-hydrogen) atoms. The van der Waals surface area contributed by atoms with E-state index in [1.165, 1.54) is 16.2 Å². The van der Waals surface area contributed by atoms with Crippen molar-refractivity contribution >= 4 is 46.9 Å². The van der Waals surface area contributed by atoms with Crippen LogP contribution in [0.25, 0.3) is 6.08 Å². The highest BCUT2D eigenvalue weighted by molar-refractivity contribution is 6.42. The number of urea groups is 1. The fraction of sp³-hybridized carbons (Fsp3) is 0.333. The van der Waals surface area contributed by atoms with Crippen molar-refractivity contribution in [1.29, 1.82) is 0 Å². The summed E-state index contributed by atoms with van der Waals surface area (Å²) in [5.74, 6) is 0.0414. The minimum Gasteiger partial charge on any atom is -0.369 e. The van der Waals surface area contributed by atoms with Gasteiger partial charge in [0, 0.05) is 18.3 Å². The molecule has 2 aromatic rings. The molecule has 1 unspecified atom stereocenters. The van der Waals surface area contributed by atoms with Gasteiger partial charge in [-0.2, -0.15) is 0 Å². The van der Waals surface area contributed by atoms with Crippen LogP contribution in [0.15, 0.2) is 42.1 Å². The fourth-order valence-electron chi connectivity index (χ4n) is 4.39. The Bertz CT molecular complexity index is 1110. The van der Waals surface area contributed by atoms with Crippen LogP contribution in [0.5, 0.6) is 0 Å². The summed E-state index contributed by atoms with van der Waals surface area (Å²) in [6.45, 7) is 6.85. The predicted octanol–water partition coefficient (Wildman–Crippen LogP) is 5.81. The van der Waals surface area contributed by atoms with Crippen molar-refractivity contribution in [2.45, 2.75) is 45.2 Å². The van der Waals surface area contributed by atoms with Gasteiger partial charge in [0.25, 0.3) is 5.91 Å². The van der Waals surface area contributed by atoms with E-state index in [1.807, 2.05) is 6.07 Å². The number of anilines is 1. The zero-order valence-electron chi connectivity index (χ0n) is 18.0. The van der Waals surface area contributed by atoms with Gasteiger partial charge in [0.15, 0.2) is 0 Å². The Morgan fingerprint density at radius 1 is 1.13 bits per heavy atom. The Kier molecular flexibility index (Phi) is 5.52. The van der Waals surface area contributed by atoms with Crippen molar-refractivity contribution in [1.82, 2.24) is 10.2 Å². The maximum Gasteiger partial charge on any atom is 0.329 e. The van der Waals surface area contributed by atoms with Crippen LogP contribution in [0.4, 0.5) is 10.5 Å². The monoisotopic (exact) mass is 457 g/mol. The molecule has 4 rings (SSSR count). The number of imide groups is 1. The zero-order chi connectivity index (χ0) is 22.5. The third-order valence-corrected chi connectivity index (χ3v) is 6.99. The molecular weight excluding hydrogens is 433 g/mol. The van der Waals surface area contributed by atoms with Crippen molar-refractivity contribution in [3.05, 3.63) is 68.8 Å². The molecule has 1 fully saturated rings. The number of amides is 3. The highest BCUT2D eigenvalue weighted by Gasteiger charge is 2.35. The molecule has 1 saturated heterocycles. The van der Waals surface area contributed by atoms with Gasteiger partial charge in [-0.1, -0.05) is 42.3 Å². The number of benzene rings is 2. The number of halogens is 2. The number of hydrogen-bond acceptors (Lipinski definition) is 3. The van der Waals surface area contributed by atoms with E-state index in [1.54, 1.807) is 24.3 Å². The molecule has 0 saturated carbocycles. The first-order valence-electron chi connectivity index (χ1n) is 10.2. The van der Waals surface area contributed by atoms with E-state index in [2.05, 4.69) is 50.2 Å². The van der Waals surface area contributed by atoms with Crippen LogP contribution < -0.4 is 10.2 Å². The summed E-state index contributed by atoms with van der Waals surface area (Å²) in [6.07, 6.45) is 2.78. The van der Waals surface area contributed by atoms with Crippen LogP contribution in [0.3, 0.4) is 0 Å². The maximum absolute atomic E-state index is 12.9. The molecule has 0 spiro atoms. The predicted molar refractivity (Wildman–Crippen MR) is 125 cm³/mol. The lowest BCUT2D eigenvalue weighted by molar-refractivity contribution is -0.123. The van der Waals surface area contributed by atoms with E-state index in [4.69, 9.17) is 23.2 Å². The van der Waals surface area contributed by atoms with Gasteiger partial charge in [0.2, 0.25) is 0 Å². The molecule has 0 radical (unpaired) electrons. The van der Waals surface area contributed by atoms with Crippen LogP contribution >= 0.6 is 23.2 Å². The highest BCUT2D eigenvalue weighted by atomic mass is 35.5. The summed E-state index contributed by atoms with van der Waals surface area (Å²) < 4.78 is 0. The molecule has 3 amide bonds. The van der Waals surface area contributed by atoms with Gasteiger partial charge in [-0.3, -0.25) is 9.69 Å². The quantitative estimate of drug-likeness (QED) is 0.467. The largest absolute Gasteiger partial charge is 0.369 e. The van der Waals surface area contributed by atoms with E-state index in [0.717, 1.165) is 17.5 Å². The van der Waals surface area contributed by atoms with E-state index in [9.17, 15) is 9.59 Å². The molecule has 0 aliphatic carbocycles. The summed E-state index contributed by atoms with van der Waals surface area (Å²) in [6, 6.07) is 10.8. The summed E-state index contributed by atoms with van der Waals surface area (Å²) in [5.41, 5.74) is 4.43. The van der Waals surface area contributed by atoms with Crippen molar-refractivity contribution in [3.8, 4) is 0 Å². The maximum atomic E-state index is 12.9. The average molecular weight is 458 g/mol. The van der Waals surface area contributed by atoms with Crippen molar-refractivity contribution in [3.63, 3.8) is 0 Å². The van der Waals surface area contributed by atoms with E-state index >= 15 is 0 Å². The first-order valence-corrected chi connectivity index (χ1v) is 11.0. The minimum atomic E-state index is -0.449. The van der Waals surface area contributed by atoms with Crippen LogP contribution in [0, 0.1) is 0 Å². The third-order valence-electron chi connectivity index (χ3n) is 6.26. The first kappa shape index (κ1) is 21.7. The minimum absolute atomic E-state index is 0.0901. The number of carbonyl (C=O) groups excluding carboxylic acids is 2. The molecular formula is C24H25Cl2N3O2. The average Bonchev–Trinajstić information content (AvgIpc) is 2.96. The standard InChI is InChI=1S/C24H25Cl2N3O2/c1-14-12-24(2,3)28(4)21-8-6-15(9-17(14)21)11-20-22(30)29(23(31)27-20)13-16-5-7-18(25)19(26)10-16/h5-11,14H,12-13H2,1-4H3,(H,27,31)/b20-11+. The smallest absolute Gasteiger partial charge is 0.329 e. The molecule has 0 aromatic heterocycles. The zero-order valence-corrected chi connectivity index (χ0v) is 19.5. The SMILES string of the molecule is CC1CC(C)(C)N(C)c2ccc(/C=C3/NC(=O)N(Cc4ccc(Cl)c(Cl)c4)C3=O)cc21. The Morgan fingerprint density at radius 3 is 2.58 bits per heavy atom. The molecule has 2 aliphatic heterocycles. The van der Waals surface area contributed by atoms with Crippen LogP contribution in [-0.4, -0.2) is 29.4 Å². The molecule has 5 nitrogen and oxygen atoms in total. The summed E-state index contributed by atoms with van der Waals surface area (Å²) >= 11 is 12.0. The van der Waals surface area contributed by atoms with Gasteiger partial charge in [0.05, 0.1) is 16.6 Å². The topological polar surface area (TPSA) is 52.7 Å². The number of carbonyl (C=O) groups is 2. The number of rotatable bonds is 3. The number of fused-ring (bicyclic) bond motifs is 1. The van der Waals surface area contributed by atoms with Crippen molar-refractivity contribution < 1.29 is 9.59 Å². The molecule has 2 aromatic carbocycles. The van der Waals surface area contributed by atoms with Gasteiger partial charge < -0.3 is 10.2 Å². The van der Waals surface area contributed by atoms with Gasteiger partial charge >= 0.3 is 6.03 Å². The lowest BCUT2D eigenvalue weighted by Crippen LogP contribution is -2.45. The molecule has 162 valence electrons. The Morgan fingerprint density at radius 2 is 1.87 bits per heavy atom. The van der Waals surface area contributed by atoms with Crippen molar-refractivity contribution in [2.24, 2.45) is 0 Å². The second-order valence-corrected chi connectivity index (χ2v) is 9.74. The lowest BCUT2D eigenvalue weighted by Gasteiger charge is -2.45. The Hall–Kier alpha value is -2.50. The van der Waals surface area contributed by atoms with Gasteiger partial charge in [0.1, 0.15) is 5.70 Å². The second-order valence-electron chi connectivity index (χ2n) is 8.92.